The van der Waals surface area contributed by atoms with Gasteiger partial charge in [0, 0.05) is 18.3 Å². The van der Waals surface area contributed by atoms with Gasteiger partial charge < -0.3 is 10.5 Å². The number of hydrogen-bond acceptors (Lipinski definition) is 3. The Labute approximate surface area is 120 Å². The van der Waals surface area contributed by atoms with Gasteiger partial charge >= 0.3 is 0 Å². The van der Waals surface area contributed by atoms with E-state index in [0.717, 1.165) is 36.3 Å². The molecule has 0 atom stereocenters. The third-order valence-corrected chi connectivity index (χ3v) is 3.22. The van der Waals surface area contributed by atoms with Gasteiger partial charge in [-0.15, -0.1) is 0 Å². The van der Waals surface area contributed by atoms with Gasteiger partial charge in [-0.1, -0.05) is 38.5 Å². The number of benzene rings is 1. The molecule has 3 heteroatoms. The molecule has 0 aliphatic rings. The monoisotopic (exact) mass is 270 g/mol. The Kier molecular flexibility index (Phi) is 5.13. The largest absolute Gasteiger partial charge is 0.439 e. The summed E-state index contributed by atoms with van der Waals surface area (Å²) >= 11 is 0. The van der Waals surface area contributed by atoms with Crippen molar-refractivity contribution in [2.75, 3.05) is 0 Å². The topological polar surface area (TPSA) is 48.1 Å². The summed E-state index contributed by atoms with van der Waals surface area (Å²) in [6.07, 6.45) is 2.94. The highest BCUT2D eigenvalue weighted by atomic mass is 16.5. The van der Waals surface area contributed by atoms with Crippen molar-refractivity contribution in [1.82, 2.24) is 4.98 Å². The average Bonchev–Trinajstić information content (AvgIpc) is 2.48. The number of nitrogens with two attached hydrogens (primary N) is 1. The molecule has 0 bridgehead atoms. The minimum absolute atomic E-state index is 0.505. The molecule has 0 radical (unpaired) electrons. The normalized spacial score (nSPS) is 10.6. The first-order valence-corrected chi connectivity index (χ1v) is 7.22. The van der Waals surface area contributed by atoms with Crippen LogP contribution < -0.4 is 10.5 Å². The Morgan fingerprint density at radius 2 is 1.95 bits per heavy atom. The molecule has 3 nitrogen and oxygen atoms in total. The van der Waals surface area contributed by atoms with Crippen LogP contribution in [-0.4, -0.2) is 4.98 Å². The molecule has 1 aromatic carbocycles. The minimum Gasteiger partial charge on any atom is -0.439 e. The molecule has 0 aliphatic heterocycles. The number of ether oxygens (including phenoxy) is 1. The van der Waals surface area contributed by atoms with Crippen LogP contribution in [0.1, 0.15) is 37.1 Å². The number of rotatable bonds is 6. The SMILES string of the molecule is CCCc1cc(CN)cc(Oc2ccccc2CC)n1. The Morgan fingerprint density at radius 3 is 2.65 bits per heavy atom. The predicted octanol–water partition coefficient (Wildman–Crippen LogP) is 3.85. The molecule has 0 saturated carbocycles. The molecular formula is C17H22N2O. The summed E-state index contributed by atoms with van der Waals surface area (Å²) in [4.78, 5) is 4.56. The molecule has 2 N–H and O–H groups in total. The highest BCUT2D eigenvalue weighted by Gasteiger charge is 2.06. The van der Waals surface area contributed by atoms with E-state index in [9.17, 15) is 0 Å². The van der Waals surface area contributed by atoms with Gasteiger partial charge in [0.15, 0.2) is 0 Å². The van der Waals surface area contributed by atoms with Crippen molar-refractivity contribution in [2.24, 2.45) is 5.73 Å². The van der Waals surface area contributed by atoms with Crippen LogP contribution in [0.2, 0.25) is 0 Å². The Morgan fingerprint density at radius 1 is 1.15 bits per heavy atom. The van der Waals surface area contributed by atoms with Gasteiger partial charge in [-0.05, 0) is 36.1 Å². The Bertz CT molecular complexity index is 567. The number of aryl methyl sites for hydroxylation is 2. The molecule has 0 amide bonds. The van der Waals surface area contributed by atoms with Crippen LogP contribution in [0.5, 0.6) is 11.6 Å². The van der Waals surface area contributed by atoms with Crippen molar-refractivity contribution in [2.45, 2.75) is 39.7 Å². The van der Waals surface area contributed by atoms with E-state index in [1.807, 2.05) is 24.3 Å². The van der Waals surface area contributed by atoms with E-state index in [0.29, 0.717) is 12.4 Å². The number of nitrogens with zero attached hydrogens (tertiary/aromatic N) is 1. The third kappa shape index (κ3) is 3.58. The van der Waals surface area contributed by atoms with Gasteiger partial charge in [-0.2, -0.15) is 0 Å². The van der Waals surface area contributed by atoms with Crippen molar-refractivity contribution < 1.29 is 4.74 Å². The average molecular weight is 270 g/mol. The van der Waals surface area contributed by atoms with E-state index < -0.39 is 0 Å². The highest BCUT2D eigenvalue weighted by molar-refractivity contribution is 5.37. The number of aromatic nitrogens is 1. The molecule has 1 aromatic heterocycles. The van der Waals surface area contributed by atoms with Crippen LogP contribution in [0.25, 0.3) is 0 Å². The van der Waals surface area contributed by atoms with Crippen LogP contribution >= 0.6 is 0 Å². The summed E-state index contributed by atoms with van der Waals surface area (Å²) in [5, 5.41) is 0. The molecule has 20 heavy (non-hydrogen) atoms. The summed E-state index contributed by atoms with van der Waals surface area (Å²) in [7, 11) is 0. The summed E-state index contributed by atoms with van der Waals surface area (Å²) in [5.74, 6) is 1.51. The Hall–Kier alpha value is -1.87. The second kappa shape index (κ2) is 7.06. The van der Waals surface area contributed by atoms with Gasteiger partial charge in [0.1, 0.15) is 5.75 Å². The third-order valence-electron chi connectivity index (χ3n) is 3.22. The van der Waals surface area contributed by atoms with Crippen LogP contribution in [0.4, 0.5) is 0 Å². The van der Waals surface area contributed by atoms with Gasteiger partial charge in [-0.25, -0.2) is 4.98 Å². The standard InChI is InChI=1S/C17H22N2O/c1-3-7-15-10-13(12-18)11-17(19-15)20-16-9-6-5-8-14(16)4-2/h5-6,8-11H,3-4,7,12,18H2,1-2H3. The van der Waals surface area contributed by atoms with E-state index >= 15 is 0 Å². The highest BCUT2D eigenvalue weighted by Crippen LogP contribution is 2.25. The quantitative estimate of drug-likeness (QED) is 0.867. The molecule has 1 heterocycles. The second-order valence-electron chi connectivity index (χ2n) is 4.82. The van der Waals surface area contributed by atoms with E-state index in [4.69, 9.17) is 10.5 Å². The maximum absolute atomic E-state index is 5.96. The van der Waals surface area contributed by atoms with Gasteiger partial charge in [0.2, 0.25) is 5.88 Å². The van der Waals surface area contributed by atoms with Gasteiger partial charge in [0.25, 0.3) is 0 Å². The fourth-order valence-corrected chi connectivity index (χ4v) is 2.18. The summed E-state index contributed by atoms with van der Waals surface area (Å²) in [6, 6.07) is 12.0. The fourth-order valence-electron chi connectivity index (χ4n) is 2.18. The Balaban J connectivity index is 2.30. The zero-order chi connectivity index (χ0) is 14.4. The fraction of sp³-hybridized carbons (Fsp3) is 0.353. The number of pyridine rings is 1. The van der Waals surface area contributed by atoms with E-state index in [-0.39, 0.29) is 0 Å². The first-order chi connectivity index (χ1) is 9.76. The van der Waals surface area contributed by atoms with Gasteiger partial charge in [0.05, 0.1) is 0 Å². The molecule has 0 fully saturated rings. The van der Waals surface area contributed by atoms with Crippen LogP contribution in [-0.2, 0) is 19.4 Å². The summed E-state index contributed by atoms with van der Waals surface area (Å²) < 4.78 is 5.96. The molecule has 106 valence electrons. The summed E-state index contributed by atoms with van der Waals surface area (Å²) in [5.41, 5.74) is 9.04. The van der Waals surface area contributed by atoms with Gasteiger partial charge in [-0.3, -0.25) is 0 Å². The van der Waals surface area contributed by atoms with Crippen molar-refractivity contribution in [3.05, 3.63) is 53.2 Å². The van der Waals surface area contributed by atoms with Crippen LogP contribution in [0.15, 0.2) is 36.4 Å². The van der Waals surface area contributed by atoms with E-state index in [1.165, 1.54) is 5.56 Å². The van der Waals surface area contributed by atoms with Crippen molar-refractivity contribution in [3.63, 3.8) is 0 Å². The zero-order valence-electron chi connectivity index (χ0n) is 12.2. The van der Waals surface area contributed by atoms with E-state index in [1.54, 1.807) is 0 Å². The molecular weight excluding hydrogens is 248 g/mol. The summed E-state index contributed by atoms with van der Waals surface area (Å²) in [6.45, 7) is 4.77. The lowest BCUT2D eigenvalue weighted by Gasteiger charge is -2.11. The van der Waals surface area contributed by atoms with Crippen LogP contribution in [0.3, 0.4) is 0 Å². The maximum atomic E-state index is 5.96. The first kappa shape index (κ1) is 14.5. The molecule has 0 saturated heterocycles. The maximum Gasteiger partial charge on any atom is 0.219 e. The van der Waals surface area contributed by atoms with E-state index in [2.05, 4.69) is 31.0 Å². The van der Waals surface area contributed by atoms with Crippen LogP contribution in [0, 0.1) is 0 Å². The zero-order valence-corrected chi connectivity index (χ0v) is 12.2. The van der Waals surface area contributed by atoms with Crippen molar-refractivity contribution >= 4 is 0 Å². The van der Waals surface area contributed by atoms with Crippen molar-refractivity contribution in [3.8, 4) is 11.6 Å². The molecule has 0 aliphatic carbocycles. The predicted molar refractivity (Wildman–Crippen MR) is 82.0 cm³/mol. The molecule has 2 aromatic rings. The second-order valence-corrected chi connectivity index (χ2v) is 4.82. The molecule has 2 rings (SSSR count). The number of hydrogen-bond donors (Lipinski definition) is 1. The lowest BCUT2D eigenvalue weighted by Crippen LogP contribution is -2.02. The lowest BCUT2D eigenvalue weighted by atomic mass is 10.1. The number of para-hydroxylation sites is 1. The minimum atomic E-state index is 0.505. The molecule has 0 spiro atoms. The molecule has 0 unspecified atom stereocenters. The first-order valence-electron chi connectivity index (χ1n) is 7.22. The van der Waals surface area contributed by atoms with Crippen molar-refractivity contribution in [1.29, 1.82) is 0 Å². The smallest absolute Gasteiger partial charge is 0.219 e. The lowest BCUT2D eigenvalue weighted by molar-refractivity contribution is 0.454.